The van der Waals surface area contributed by atoms with E-state index in [1.807, 2.05) is 49.6 Å². The second kappa shape index (κ2) is 7.21. The second-order valence-corrected chi connectivity index (χ2v) is 8.06. The number of carbonyl (C=O) groups is 2. The van der Waals surface area contributed by atoms with E-state index < -0.39 is 23.5 Å². The van der Waals surface area contributed by atoms with E-state index in [1.165, 1.54) is 0 Å². The third-order valence-electron chi connectivity index (χ3n) is 5.18. The van der Waals surface area contributed by atoms with E-state index in [4.69, 9.17) is 0 Å². The van der Waals surface area contributed by atoms with Gasteiger partial charge in [0.2, 0.25) is 0 Å². The van der Waals surface area contributed by atoms with Crippen LogP contribution in [0.15, 0.2) is 41.1 Å². The van der Waals surface area contributed by atoms with Crippen LogP contribution in [0.4, 0.5) is 0 Å². The SMILES string of the molecule is CC(C)C1CC1(N[C@@H](Cc1ccc(-c2ccsc2)cc1)C(=O)O)C(=O)O. The molecule has 1 aromatic heterocycles. The quantitative estimate of drug-likeness (QED) is 0.659. The zero-order chi connectivity index (χ0) is 18.9. The van der Waals surface area contributed by atoms with E-state index in [9.17, 15) is 19.8 Å². The van der Waals surface area contributed by atoms with Gasteiger partial charge in [-0.15, -0.1) is 0 Å². The fourth-order valence-corrected chi connectivity index (χ4v) is 4.24. The Balaban J connectivity index is 1.73. The van der Waals surface area contributed by atoms with Crippen molar-refractivity contribution in [2.75, 3.05) is 0 Å². The molecule has 138 valence electrons. The summed E-state index contributed by atoms with van der Waals surface area (Å²) in [6.07, 6.45) is 0.722. The van der Waals surface area contributed by atoms with E-state index in [0.29, 0.717) is 6.42 Å². The minimum Gasteiger partial charge on any atom is -0.480 e. The van der Waals surface area contributed by atoms with Gasteiger partial charge in [-0.05, 0) is 58.2 Å². The molecule has 2 aromatic rings. The number of aliphatic carboxylic acids is 2. The number of nitrogens with one attached hydrogen (secondary N) is 1. The van der Waals surface area contributed by atoms with Crippen molar-refractivity contribution in [2.24, 2.45) is 11.8 Å². The van der Waals surface area contributed by atoms with Crippen LogP contribution in [0.2, 0.25) is 0 Å². The molecule has 1 aliphatic rings. The average Bonchev–Trinajstić information content (AvgIpc) is 3.09. The summed E-state index contributed by atoms with van der Waals surface area (Å²) in [5.41, 5.74) is 1.97. The van der Waals surface area contributed by atoms with Crippen molar-refractivity contribution in [2.45, 2.75) is 38.3 Å². The minimum absolute atomic E-state index is 0.0391. The maximum absolute atomic E-state index is 11.7. The van der Waals surface area contributed by atoms with E-state index in [1.54, 1.807) is 11.3 Å². The summed E-state index contributed by atoms with van der Waals surface area (Å²) < 4.78 is 0. The van der Waals surface area contributed by atoms with Crippen molar-refractivity contribution in [3.05, 3.63) is 46.7 Å². The van der Waals surface area contributed by atoms with Crippen LogP contribution < -0.4 is 5.32 Å². The molecule has 3 atom stereocenters. The van der Waals surface area contributed by atoms with Crippen molar-refractivity contribution in [3.8, 4) is 11.1 Å². The smallest absolute Gasteiger partial charge is 0.324 e. The molecule has 6 heteroatoms. The number of carboxylic acid groups (broad SMARTS) is 2. The first kappa shape index (κ1) is 18.6. The number of carboxylic acids is 2. The normalized spacial score (nSPS) is 23.0. The van der Waals surface area contributed by atoms with Gasteiger partial charge in [0.25, 0.3) is 0 Å². The van der Waals surface area contributed by atoms with Gasteiger partial charge in [0, 0.05) is 0 Å². The Hall–Kier alpha value is -2.18. The lowest BCUT2D eigenvalue weighted by Crippen LogP contribution is -2.51. The van der Waals surface area contributed by atoms with Crippen LogP contribution >= 0.6 is 11.3 Å². The molecule has 1 aromatic carbocycles. The lowest BCUT2D eigenvalue weighted by Gasteiger charge is -2.22. The van der Waals surface area contributed by atoms with Crippen LogP contribution in [-0.4, -0.2) is 33.7 Å². The Morgan fingerprint density at radius 1 is 1.19 bits per heavy atom. The summed E-state index contributed by atoms with van der Waals surface area (Å²) in [6.45, 7) is 3.94. The number of hydrogen-bond acceptors (Lipinski definition) is 4. The summed E-state index contributed by atoms with van der Waals surface area (Å²) in [4.78, 5) is 23.4. The molecule has 1 aliphatic carbocycles. The summed E-state index contributed by atoms with van der Waals surface area (Å²) in [5.74, 6) is -1.84. The molecule has 2 unspecified atom stereocenters. The predicted octanol–water partition coefficient (Wildman–Crippen LogP) is 3.50. The van der Waals surface area contributed by atoms with Crippen molar-refractivity contribution in [1.29, 1.82) is 0 Å². The lowest BCUT2D eigenvalue weighted by molar-refractivity contribution is -0.144. The molecule has 5 nitrogen and oxygen atoms in total. The highest BCUT2D eigenvalue weighted by Gasteiger charge is 2.62. The Labute approximate surface area is 156 Å². The first-order valence-corrected chi connectivity index (χ1v) is 9.63. The first-order chi connectivity index (χ1) is 12.3. The van der Waals surface area contributed by atoms with Gasteiger partial charge in [-0.1, -0.05) is 38.1 Å². The number of thiophene rings is 1. The summed E-state index contributed by atoms with van der Waals surface area (Å²) in [7, 11) is 0. The molecule has 3 rings (SSSR count). The van der Waals surface area contributed by atoms with Gasteiger partial charge in [0.15, 0.2) is 0 Å². The largest absolute Gasteiger partial charge is 0.480 e. The summed E-state index contributed by atoms with van der Waals surface area (Å²) >= 11 is 1.63. The van der Waals surface area contributed by atoms with Crippen LogP contribution in [0.3, 0.4) is 0 Å². The van der Waals surface area contributed by atoms with Crippen molar-refractivity contribution in [1.82, 2.24) is 5.32 Å². The van der Waals surface area contributed by atoms with Gasteiger partial charge in [-0.3, -0.25) is 14.9 Å². The van der Waals surface area contributed by atoms with Crippen molar-refractivity contribution >= 4 is 23.3 Å². The molecule has 1 saturated carbocycles. The maximum Gasteiger partial charge on any atom is 0.324 e. The highest BCUT2D eigenvalue weighted by atomic mass is 32.1. The Bertz CT molecular complexity index is 785. The van der Waals surface area contributed by atoms with Crippen LogP contribution in [0.25, 0.3) is 11.1 Å². The van der Waals surface area contributed by atoms with Gasteiger partial charge in [-0.25, -0.2) is 0 Å². The Kier molecular flexibility index (Phi) is 5.16. The fraction of sp³-hybridized carbons (Fsp3) is 0.400. The minimum atomic E-state index is -1.12. The summed E-state index contributed by atoms with van der Waals surface area (Å²) in [6, 6.07) is 8.86. The Morgan fingerprint density at radius 2 is 1.88 bits per heavy atom. The van der Waals surface area contributed by atoms with E-state index in [2.05, 4.69) is 10.7 Å². The first-order valence-electron chi connectivity index (χ1n) is 8.69. The van der Waals surface area contributed by atoms with E-state index in [0.717, 1.165) is 16.7 Å². The molecular weight excluding hydrogens is 350 g/mol. The fourth-order valence-electron chi connectivity index (χ4n) is 3.57. The van der Waals surface area contributed by atoms with Crippen molar-refractivity contribution < 1.29 is 19.8 Å². The van der Waals surface area contributed by atoms with Gasteiger partial charge < -0.3 is 10.2 Å². The zero-order valence-electron chi connectivity index (χ0n) is 14.8. The van der Waals surface area contributed by atoms with Crippen LogP contribution in [0, 0.1) is 11.8 Å². The molecular formula is C20H23NO4S. The third kappa shape index (κ3) is 3.66. The van der Waals surface area contributed by atoms with E-state index >= 15 is 0 Å². The standard InChI is InChI=1S/C20H23NO4S/c1-12(2)16-10-20(16,19(24)25)21-17(18(22)23)9-13-3-5-14(6-4-13)15-7-8-26-11-15/h3-8,11-12,16-17,21H,9-10H2,1-2H3,(H,22,23)(H,24,25)/t16?,17-,20?/m0/s1. The summed E-state index contributed by atoms with van der Waals surface area (Å²) in [5, 5.41) is 26.2. The van der Waals surface area contributed by atoms with Gasteiger partial charge in [0.1, 0.15) is 11.6 Å². The van der Waals surface area contributed by atoms with Crippen LogP contribution in [-0.2, 0) is 16.0 Å². The van der Waals surface area contributed by atoms with Crippen molar-refractivity contribution in [3.63, 3.8) is 0 Å². The predicted molar refractivity (Wildman–Crippen MR) is 101 cm³/mol. The lowest BCUT2D eigenvalue weighted by atomic mass is 9.99. The Morgan fingerprint density at radius 3 is 2.35 bits per heavy atom. The van der Waals surface area contributed by atoms with Crippen LogP contribution in [0.5, 0.6) is 0 Å². The molecule has 1 fully saturated rings. The zero-order valence-corrected chi connectivity index (χ0v) is 15.6. The highest BCUT2D eigenvalue weighted by molar-refractivity contribution is 7.08. The topological polar surface area (TPSA) is 86.6 Å². The highest BCUT2D eigenvalue weighted by Crippen LogP contribution is 2.49. The number of rotatable bonds is 8. The third-order valence-corrected chi connectivity index (χ3v) is 5.86. The number of hydrogen-bond donors (Lipinski definition) is 3. The van der Waals surface area contributed by atoms with E-state index in [-0.39, 0.29) is 18.3 Å². The molecule has 0 amide bonds. The molecule has 0 spiro atoms. The van der Waals surface area contributed by atoms with Gasteiger partial charge in [0.05, 0.1) is 0 Å². The molecule has 3 N–H and O–H groups in total. The van der Waals surface area contributed by atoms with Gasteiger partial charge >= 0.3 is 11.9 Å². The average molecular weight is 373 g/mol. The maximum atomic E-state index is 11.7. The van der Waals surface area contributed by atoms with Gasteiger partial charge in [-0.2, -0.15) is 11.3 Å². The monoisotopic (exact) mass is 373 g/mol. The molecule has 0 bridgehead atoms. The molecule has 0 saturated heterocycles. The molecule has 26 heavy (non-hydrogen) atoms. The molecule has 0 aliphatic heterocycles. The molecule has 1 heterocycles. The number of benzene rings is 1. The molecule has 0 radical (unpaired) electrons. The van der Waals surface area contributed by atoms with Crippen LogP contribution in [0.1, 0.15) is 25.8 Å². The second-order valence-electron chi connectivity index (χ2n) is 7.28.